The van der Waals surface area contributed by atoms with E-state index in [0.29, 0.717) is 42.1 Å². The number of aromatic hydroxyl groups is 1. The van der Waals surface area contributed by atoms with Crippen LogP contribution < -0.4 is 20.9 Å². The number of nitrogens with zero attached hydrogens (tertiary/aromatic N) is 1. The molecule has 286 valence electrons. The molecule has 5 aromatic rings. The van der Waals surface area contributed by atoms with Gasteiger partial charge in [-0.05, 0) is 110 Å². The zero-order chi connectivity index (χ0) is 35.9. The van der Waals surface area contributed by atoms with E-state index in [2.05, 4.69) is 38.7 Å². The summed E-state index contributed by atoms with van der Waals surface area (Å²) in [5.41, 5.74) is 5.66. The van der Waals surface area contributed by atoms with E-state index in [9.17, 15) is 19.8 Å². The molecule has 5 N–H and O–H groups in total. The molecule has 1 aromatic heterocycles. The van der Waals surface area contributed by atoms with Crippen LogP contribution in [0.3, 0.4) is 0 Å². The monoisotopic (exact) mass is 742 g/mol. The van der Waals surface area contributed by atoms with Crippen LogP contribution in [0, 0.1) is 5.92 Å². The number of amides is 1. The number of aliphatic hydroxyl groups is 1. The number of piperidine rings is 3. The lowest BCUT2D eigenvalue weighted by Crippen LogP contribution is -2.52. The molecule has 0 saturated carbocycles. The Balaban J connectivity index is 0.00000280. The number of aryl methyl sites for hydroxylation is 1. The summed E-state index contributed by atoms with van der Waals surface area (Å²) in [6, 6.07) is 30.5. The molecule has 12 heteroatoms. The van der Waals surface area contributed by atoms with Gasteiger partial charge < -0.3 is 30.0 Å². The molecule has 3 aliphatic rings. The zero-order valence-electron chi connectivity index (χ0n) is 30.0. The van der Waals surface area contributed by atoms with E-state index in [-0.39, 0.29) is 26.8 Å². The highest BCUT2D eigenvalue weighted by Crippen LogP contribution is 2.33. The standard InChI is InChI=1S/C42H46N4O6.2FH/c47-37-16-14-34(35-15-17-40(49)45-41(35)37)38(48)26-43-21-18-28-8-11-32(12-9-28)51-24-4-5-29-10-13-33(30-6-2-1-3-7-30)36(25-29)44-42(50)52-39-27-46-22-19-31(39)20-23-46;;/h1-3,6-17,25,31,38-39,43,47-48H,4-5,18-24,26-27H2,(H,44,50)(H,45,49);2*1H/t38-,39-;;/m0../s1. The first-order valence-corrected chi connectivity index (χ1v) is 18.2. The first kappa shape index (κ1) is 39.9. The Hall–Kier alpha value is -5.30. The van der Waals surface area contributed by atoms with E-state index in [1.54, 1.807) is 12.1 Å². The molecule has 0 aliphatic carbocycles. The van der Waals surface area contributed by atoms with Gasteiger partial charge in [-0.2, -0.15) is 0 Å². The molecule has 8 rings (SSSR count). The number of aliphatic hydroxyl groups excluding tert-OH is 1. The molecule has 4 heterocycles. The summed E-state index contributed by atoms with van der Waals surface area (Å²) in [4.78, 5) is 29.8. The number of halogens is 2. The molecule has 0 spiro atoms. The number of anilines is 1. The number of aromatic nitrogens is 1. The van der Waals surface area contributed by atoms with Gasteiger partial charge in [-0.15, -0.1) is 0 Å². The van der Waals surface area contributed by atoms with Gasteiger partial charge >= 0.3 is 6.09 Å². The highest BCUT2D eigenvalue weighted by molar-refractivity contribution is 5.92. The van der Waals surface area contributed by atoms with Crippen molar-refractivity contribution in [1.82, 2.24) is 15.2 Å². The van der Waals surface area contributed by atoms with Gasteiger partial charge in [0.25, 0.3) is 0 Å². The number of H-pyrrole nitrogens is 1. The Labute approximate surface area is 312 Å². The number of pyridine rings is 1. The van der Waals surface area contributed by atoms with Crippen LogP contribution in [0.4, 0.5) is 19.9 Å². The van der Waals surface area contributed by atoms with Gasteiger partial charge in [0.2, 0.25) is 5.56 Å². The summed E-state index contributed by atoms with van der Waals surface area (Å²) in [5, 5.41) is 27.9. The average molecular weight is 743 g/mol. The maximum absolute atomic E-state index is 13.1. The third-order valence-electron chi connectivity index (χ3n) is 10.3. The minimum Gasteiger partial charge on any atom is -0.506 e. The van der Waals surface area contributed by atoms with Crippen LogP contribution in [0.25, 0.3) is 22.0 Å². The number of carbonyl (C=O) groups is 1. The van der Waals surface area contributed by atoms with Crippen LogP contribution in [0.5, 0.6) is 11.5 Å². The van der Waals surface area contributed by atoms with Crippen LogP contribution in [0.2, 0.25) is 0 Å². The second-order valence-electron chi connectivity index (χ2n) is 13.8. The van der Waals surface area contributed by atoms with Gasteiger partial charge in [-0.1, -0.05) is 60.7 Å². The highest BCUT2D eigenvalue weighted by atomic mass is 19.0. The minimum atomic E-state index is -0.800. The molecule has 0 unspecified atom stereocenters. The van der Waals surface area contributed by atoms with Crippen molar-refractivity contribution in [2.75, 3.05) is 44.6 Å². The maximum atomic E-state index is 13.1. The van der Waals surface area contributed by atoms with E-state index < -0.39 is 12.2 Å². The number of carbonyl (C=O) groups excluding carboxylic acids is 1. The van der Waals surface area contributed by atoms with E-state index in [0.717, 1.165) is 85.4 Å². The SMILES string of the molecule is F.F.O=C(Nc1cc(CCCOc2ccc(CCNC[C@H](O)c3ccc(O)c4[nH]c(=O)ccc34)cc2)ccc1-c1ccccc1)O[C@H]1CN2CCC1CC2. The first-order chi connectivity index (χ1) is 25.4. The van der Waals surface area contributed by atoms with E-state index in [1.165, 1.54) is 12.1 Å². The van der Waals surface area contributed by atoms with Crippen molar-refractivity contribution in [3.8, 4) is 22.6 Å². The number of fused-ring (bicyclic) bond motifs is 4. The molecule has 3 aliphatic heterocycles. The zero-order valence-corrected chi connectivity index (χ0v) is 30.0. The molecule has 3 saturated heterocycles. The van der Waals surface area contributed by atoms with E-state index in [4.69, 9.17) is 9.47 Å². The normalized spacial score (nSPS) is 17.9. The molecule has 2 bridgehead atoms. The predicted octanol–water partition coefficient (Wildman–Crippen LogP) is 6.73. The number of benzene rings is 4. The Morgan fingerprint density at radius 3 is 2.41 bits per heavy atom. The van der Waals surface area contributed by atoms with E-state index in [1.807, 2.05) is 54.6 Å². The minimum absolute atomic E-state index is 0. The van der Waals surface area contributed by atoms with E-state index >= 15 is 0 Å². The highest BCUT2D eigenvalue weighted by Gasteiger charge is 2.36. The number of phenolic OH excluding ortho intramolecular Hbond substituents is 1. The lowest BCUT2D eigenvalue weighted by Gasteiger charge is -2.43. The quantitative estimate of drug-likeness (QED) is 0.0792. The number of phenols is 1. The molecule has 3 fully saturated rings. The van der Waals surface area contributed by atoms with Gasteiger partial charge in [-0.25, -0.2) is 4.79 Å². The van der Waals surface area contributed by atoms with Gasteiger partial charge in [0.05, 0.1) is 23.9 Å². The van der Waals surface area contributed by atoms with Crippen molar-refractivity contribution < 1.29 is 33.9 Å². The van der Waals surface area contributed by atoms with Crippen LogP contribution in [0.15, 0.2) is 102 Å². The van der Waals surface area contributed by atoms with Crippen molar-refractivity contribution in [3.63, 3.8) is 0 Å². The van der Waals surface area contributed by atoms with Gasteiger partial charge in [0.1, 0.15) is 17.6 Å². The summed E-state index contributed by atoms with van der Waals surface area (Å²) in [6.45, 7) is 4.58. The second-order valence-corrected chi connectivity index (χ2v) is 13.8. The largest absolute Gasteiger partial charge is 0.506 e. The van der Waals surface area contributed by atoms with Crippen molar-refractivity contribution in [3.05, 3.63) is 124 Å². The molecular formula is C42H48F2N4O6. The number of hydrogen-bond donors (Lipinski definition) is 5. The summed E-state index contributed by atoms with van der Waals surface area (Å²) in [7, 11) is 0. The third-order valence-corrected chi connectivity index (χ3v) is 10.3. The second kappa shape index (κ2) is 18.6. The lowest BCUT2D eigenvalue weighted by atomic mass is 9.86. The number of ether oxygens (including phenoxy) is 2. The molecule has 10 nitrogen and oxygen atoms in total. The molecular weight excluding hydrogens is 694 g/mol. The summed E-state index contributed by atoms with van der Waals surface area (Å²) in [6.07, 6.45) is 3.32. The summed E-state index contributed by atoms with van der Waals surface area (Å²) in [5.74, 6) is 1.23. The maximum Gasteiger partial charge on any atom is 0.411 e. The molecule has 54 heavy (non-hydrogen) atoms. The Kier molecular flexibility index (Phi) is 13.8. The third kappa shape index (κ3) is 9.81. The molecule has 4 aromatic carbocycles. The summed E-state index contributed by atoms with van der Waals surface area (Å²) >= 11 is 0. The van der Waals surface area contributed by atoms with Gasteiger partial charge in [0.15, 0.2) is 0 Å². The smallest absolute Gasteiger partial charge is 0.411 e. The molecule has 1 amide bonds. The van der Waals surface area contributed by atoms with Gasteiger partial charge in [0, 0.05) is 30.1 Å². The van der Waals surface area contributed by atoms with Gasteiger partial charge in [-0.3, -0.25) is 24.4 Å². The van der Waals surface area contributed by atoms with Crippen LogP contribution in [-0.4, -0.2) is 71.6 Å². The Morgan fingerprint density at radius 1 is 0.907 bits per heavy atom. The number of hydrogen-bond acceptors (Lipinski definition) is 8. The van der Waals surface area contributed by atoms with Crippen molar-refractivity contribution in [2.24, 2.45) is 5.92 Å². The first-order valence-electron chi connectivity index (χ1n) is 18.2. The Morgan fingerprint density at radius 2 is 1.67 bits per heavy atom. The number of nitrogens with one attached hydrogen (secondary N) is 3. The molecule has 2 atom stereocenters. The number of rotatable bonds is 14. The van der Waals surface area contributed by atoms with Crippen molar-refractivity contribution in [2.45, 2.75) is 44.3 Å². The number of aromatic amines is 1. The predicted molar refractivity (Wildman–Crippen MR) is 208 cm³/mol. The van der Waals surface area contributed by atoms with Crippen molar-refractivity contribution in [1.29, 1.82) is 0 Å². The Bertz CT molecular complexity index is 2040. The van der Waals surface area contributed by atoms with Crippen LogP contribution in [-0.2, 0) is 17.6 Å². The van der Waals surface area contributed by atoms with Crippen molar-refractivity contribution >= 4 is 22.7 Å². The topological polar surface area (TPSA) is 136 Å². The fraction of sp³-hybridized carbons (Fsp3) is 0.333. The fourth-order valence-electron chi connectivity index (χ4n) is 7.39. The summed E-state index contributed by atoms with van der Waals surface area (Å²) < 4.78 is 12.0. The van der Waals surface area contributed by atoms with Crippen LogP contribution in [0.1, 0.15) is 42.1 Å². The fourth-order valence-corrected chi connectivity index (χ4v) is 7.39. The molecule has 0 radical (unpaired) electrons. The van der Waals surface area contributed by atoms with Crippen LogP contribution >= 0.6 is 0 Å². The lowest BCUT2D eigenvalue weighted by molar-refractivity contribution is -0.0289. The average Bonchev–Trinajstić information content (AvgIpc) is 3.17.